The normalized spacial score (nSPS) is 17.4. The van der Waals surface area contributed by atoms with E-state index in [0.717, 1.165) is 11.3 Å². The van der Waals surface area contributed by atoms with Gasteiger partial charge in [-0.1, -0.05) is 18.2 Å². The molecule has 2 heterocycles. The summed E-state index contributed by atoms with van der Waals surface area (Å²) in [5.41, 5.74) is 1.97. The lowest BCUT2D eigenvalue weighted by atomic mass is 10.1. The number of carbonyl (C=O) groups excluding carboxylic acids is 1. The zero-order valence-corrected chi connectivity index (χ0v) is 13.8. The number of anilines is 1. The second-order valence-corrected chi connectivity index (χ2v) is 6.09. The molecule has 0 radical (unpaired) electrons. The predicted octanol–water partition coefficient (Wildman–Crippen LogP) is 2.11. The minimum atomic E-state index is -0.561. The number of nitrogens with zero attached hydrogens (tertiary/aromatic N) is 4. The number of hydrogen-bond donors (Lipinski definition) is 1. The van der Waals surface area contributed by atoms with E-state index in [1.165, 1.54) is 6.92 Å². The molecule has 1 N–H and O–H groups in total. The van der Waals surface area contributed by atoms with Crippen molar-refractivity contribution in [2.24, 2.45) is 0 Å². The van der Waals surface area contributed by atoms with E-state index >= 15 is 0 Å². The second-order valence-electron chi connectivity index (χ2n) is 6.09. The number of nitrogens with one attached hydrogen (secondary N) is 1. The summed E-state index contributed by atoms with van der Waals surface area (Å²) in [5, 5.41) is 17.7. The zero-order valence-electron chi connectivity index (χ0n) is 13.8. The van der Waals surface area contributed by atoms with Crippen LogP contribution in [0, 0.1) is 17.0 Å². The lowest BCUT2D eigenvalue weighted by molar-refractivity contribution is -0.385. The van der Waals surface area contributed by atoms with Gasteiger partial charge < -0.3 is 9.80 Å². The monoisotopic (exact) mass is 329 g/mol. The number of likely N-dealkylation sites (N-methyl/N-ethyl adjacent to an activating group) is 1. The van der Waals surface area contributed by atoms with Crippen molar-refractivity contribution >= 4 is 17.3 Å². The minimum Gasteiger partial charge on any atom is -0.372 e. The number of nitro groups is 1. The molecule has 8 nitrogen and oxygen atoms in total. The largest absolute Gasteiger partial charge is 0.372 e. The molecule has 0 spiro atoms. The van der Waals surface area contributed by atoms with Crippen molar-refractivity contribution in [3.8, 4) is 0 Å². The van der Waals surface area contributed by atoms with Crippen LogP contribution in [0.2, 0.25) is 0 Å². The molecule has 1 unspecified atom stereocenters. The van der Waals surface area contributed by atoms with Gasteiger partial charge in [-0.05, 0) is 25.5 Å². The molecule has 0 aliphatic carbocycles. The topological polar surface area (TPSA) is 95.4 Å². The lowest BCUT2D eigenvalue weighted by Gasteiger charge is -2.27. The quantitative estimate of drug-likeness (QED) is 0.672. The molecular formula is C16H19N5O3. The van der Waals surface area contributed by atoms with Gasteiger partial charge in [-0.2, -0.15) is 5.10 Å². The number of carbonyl (C=O) groups is 1. The molecule has 0 saturated heterocycles. The first-order valence-electron chi connectivity index (χ1n) is 7.69. The van der Waals surface area contributed by atoms with Crippen LogP contribution in [-0.2, 0) is 6.54 Å². The number of amides is 1. The summed E-state index contributed by atoms with van der Waals surface area (Å²) in [7, 11) is 1.98. The van der Waals surface area contributed by atoms with Gasteiger partial charge in [0.15, 0.2) is 0 Å². The Balaban J connectivity index is 2.00. The third-order valence-electron chi connectivity index (χ3n) is 4.37. The number of H-pyrrole nitrogens is 1. The molecule has 24 heavy (non-hydrogen) atoms. The smallest absolute Gasteiger partial charge is 0.322 e. The average Bonchev–Trinajstić information content (AvgIpc) is 2.88. The molecule has 3 rings (SSSR count). The maximum absolute atomic E-state index is 12.9. The van der Waals surface area contributed by atoms with Gasteiger partial charge >= 0.3 is 5.69 Å². The third kappa shape index (κ3) is 2.60. The number of hydrogen-bond acceptors (Lipinski definition) is 5. The van der Waals surface area contributed by atoms with Crippen molar-refractivity contribution in [3.63, 3.8) is 0 Å². The average molecular weight is 329 g/mol. The van der Waals surface area contributed by atoms with Gasteiger partial charge in [-0.3, -0.25) is 20.0 Å². The van der Waals surface area contributed by atoms with Gasteiger partial charge in [0.1, 0.15) is 5.69 Å². The summed E-state index contributed by atoms with van der Waals surface area (Å²) in [6.07, 6.45) is 0. The van der Waals surface area contributed by atoms with Gasteiger partial charge in [0, 0.05) is 31.9 Å². The van der Waals surface area contributed by atoms with Crippen molar-refractivity contribution in [3.05, 3.63) is 51.3 Å². The van der Waals surface area contributed by atoms with E-state index < -0.39 is 10.8 Å². The fraction of sp³-hybridized carbons (Fsp3) is 0.375. The van der Waals surface area contributed by atoms with Gasteiger partial charge in [0.2, 0.25) is 5.69 Å². The van der Waals surface area contributed by atoms with Crippen LogP contribution in [0.15, 0.2) is 24.3 Å². The molecule has 1 aliphatic heterocycles. The summed E-state index contributed by atoms with van der Waals surface area (Å²) in [4.78, 5) is 27.4. The number of aryl methyl sites for hydroxylation is 1. The highest BCUT2D eigenvalue weighted by molar-refractivity contribution is 5.97. The Hall–Kier alpha value is -2.90. The molecule has 0 bridgehead atoms. The molecule has 1 aromatic carbocycles. The molecule has 0 saturated carbocycles. The predicted molar refractivity (Wildman–Crippen MR) is 89.0 cm³/mol. The molecule has 126 valence electrons. The van der Waals surface area contributed by atoms with Crippen LogP contribution in [0.25, 0.3) is 0 Å². The first-order chi connectivity index (χ1) is 11.4. The zero-order chi connectivity index (χ0) is 17.4. The molecule has 0 fully saturated rings. The van der Waals surface area contributed by atoms with Gasteiger partial charge in [0.25, 0.3) is 5.91 Å². The molecule has 1 atom stereocenters. The van der Waals surface area contributed by atoms with Crippen molar-refractivity contribution in [1.29, 1.82) is 0 Å². The molecular weight excluding hydrogens is 310 g/mol. The van der Waals surface area contributed by atoms with E-state index in [2.05, 4.69) is 15.1 Å². The van der Waals surface area contributed by atoms with E-state index in [4.69, 9.17) is 0 Å². The van der Waals surface area contributed by atoms with E-state index in [0.29, 0.717) is 13.1 Å². The van der Waals surface area contributed by atoms with Crippen molar-refractivity contribution in [2.75, 3.05) is 18.5 Å². The fourth-order valence-electron chi connectivity index (χ4n) is 3.15. The van der Waals surface area contributed by atoms with Crippen LogP contribution in [0.4, 0.5) is 11.4 Å². The van der Waals surface area contributed by atoms with Crippen LogP contribution < -0.4 is 4.90 Å². The van der Waals surface area contributed by atoms with Gasteiger partial charge in [-0.15, -0.1) is 0 Å². The molecule has 1 amide bonds. The maximum Gasteiger partial charge on any atom is 0.322 e. The summed E-state index contributed by atoms with van der Waals surface area (Å²) in [6.45, 7) is 4.51. The van der Waals surface area contributed by atoms with Crippen LogP contribution in [-0.4, -0.2) is 45.6 Å². The number of benzene rings is 1. The molecule has 1 aliphatic rings. The Kier molecular flexibility index (Phi) is 3.96. The standard InChI is InChI=1S/C16H19N5O3/c1-10-8-19(3)13-7-5-4-6-12(13)9-20(10)16(22)14-15(21(23)24)11(2)17-18-14/h4-7,10H,8-9H2,1-3H3,(H,17,18). The van der Waals surface area contributed by atoms with Crippen molar-refractivity contribution < 1.29 is 9.72 Å². The number of fused-ring (bicyclic) bond motifs is 1. The Labute approximate surface area is 139 Å². The summed E-state index contributed by atoms with van der Waals surface area (Å²) in [5.74, 6) is -0.427. The highest BCUT2D eigenvalue weighted by atomic mass is 16.6. The maximum atomic E-state index is 12.9. The Morgan fingerprint density at radius 3 is 2.83 bits per heavy atom. The van der Waals surface area contributed by atoms with Gasteiger partial charge in [0.05, 0.1) is 4.92 Å². The van der Waals surface area contributed by atoms with Crippen LogP contribution in [0.1, 0.15) is 28.7 Å². The fourth-order valence-corrected chi connectivity index (χ4v) is 3.15. The number of aromatic amines is 1. The SMILES string of the molecule is Cc1[nH]nc(C(=O)N2Cc3ccccc3N(C)CC2C)c1[N+](=O)[O-]. The van der Waals surface area contributed by atoms with Gasteiger partial charge in [-0.25, -0.2) is 0 Å². The van der Waals surface area contributed by atoms with Crippen LogP contribution >= 0.6 is 0 Å². The molecule has 8 heteroatoms. The highest BCUT2D eigenvalue weighted by Gasteiger charge is 2.34. The summed E-state index contributed by atoms with van der Waals surface area (Å²) < 4.78 is 0. The number of aromatic nitrogens is 2. The second kappa shape index (κ2) is 5.95. The Bertz CT molecular complexity index is 801. The Morgan fingerprint density at radius 1 is 1.42 bits per heavy atom. The number of para-hydroxylation sites is 1. The van der Waals surface area contributed by atoms with E-state index in [9.17, 15) is 14.9 Å². The van der Waals surface area contributed by atoms with E-state index in [-0.39, 0.29) is 23.1 Å². The van der Waals surface area contributed by atoms with E-state index in [1.807, 2.05) is 38.2 Å². The summed E-state index contributed by atoms with van der Waals surface area (Å²) in [6, 6.07) is 7.75. The third-order valence-corrected chi connectivity index (χ3v) is 4.37. The highest BCUT2D eigenvalue weighted by Crippen LogP contribution is 2.29. The van der Waals surface area contributed by atoms with Crippen molar-refractivity contribution in [1.82, 2.24) is 15.1 Å². The minimum absolute atomic E-state index is 0.105. The molecule has 1 aromatic heterocycles. The summed E-state index contributed by atoms with van der Waals surface area (Å²) >= 11 is 0. The Morgan fingerprint density at radius 2 is 2.12 bits per heavy atom. The lowest BCUT2D eigenvalue weighted by Crippen LogP contribution is -2.42. The number of rotatable bonds is 2. The van der Waals surface area contributed by atoms with Crippen LogP contribution in [0.3, 0.4) is 0 Å². The first kappa shape index (κ1) is 16.0. The first-order valence-corrected chi connectivity index (χ1v) is 7.69. The van der Waals surface area contributed by atoms with Crippen molar-refractivity contribution in [2.45, 2.75) is 26.4 Å². The van der Waals surface area contributed by atoms with Crippen LogP contribution in [0.5, 0.6) is 0 Å². The molecule has 2 aromatic rings. The van der Waals surface area contributed by atoms with E-state index in [1.54, 1.807) is 4.90 Å².